The summed E-state index contributed by atoms with van der Waals surface area (Å²) in [7, 11) is 0. The van der Waals surface area contributed by atoms with Gasteiger partial charge in [-0.15, -0.1) is 11.3 Å². The summed E-state index contributed by atoms with van der Waals surface area (Å²) in [6, 6.07) is 8.52. The SMILES string of the molecule is CCc1ccncc1-c1nc(-c2cccc(F)c2)cs1. The number of hydrogen-bond donors (Lipinski definition) is 0. The van der Waals surface area contributed by atoms with Crippen LogP contribution < -0.4 is 0 Å². The van der Waals surface area contributed by atoms with E-state index in [1.54, 1.807) is 23.6 Å². The molecule has 0 saturated heterocycles. The highest BCUT2D eigenvalue weighted by Gasteiger charge is 2.10. The van der Waals surface area contributed by atoms with Gasteiger partial charge in [0.15, 0.2) is 0 Å². The van der Waals surface area contributed by atoms with Gasteiger partial charge < -0.3 is 0 Å². The van der Waals surface area contributed by atoms with E-state index >= 15 is 0 Å². The molecular formula is C16H13FN2S. The van der Waals surface area contributed by atoms with Crippen LogP contribution in [0.2, 0.25) is 0 Å². The van der Waals surface area contributed by atoms with Gasteiger partial charge in [-0.1, -0.05) is 19.1 Å². The number of aryl methyl sites for hydroxylation is 1. The Kier molecular flexibility index (Phi) is 3.56. The van der Waals surface area contributed by atoms with Gasteiger partial charge in [-0.05, 0) is 30.2 Å². The number of rotatable bonds is 3. The summed E-state index contributed by atoms with van der Waals surface area (Å²) < 4.78 is 13.3. The normalized spacial score (nSPS) is 10.7. The van der Waals surface area contributed by atoms with Crippen molar-refractivity contribution < 1.29 is 4.39 Å². The van der Waals surface area contributed by atoms with Crippen molar-refractivity contribution in [2.75, 3.05) is 0 Å². The van der Waals surface area contributed by atoms with Gasteiger partial charge >= 0.3 is 0 Å². The van der Waals surface area contributed by atoms with Crippen LogP contribution in [-0.4, -0.2) is 9.97 Å². The lowest BCUT2D eigenvalue weighted by Crippen LogP contribution is -1.88. The molecule has 1 aromatic carbocycles. The molecule has 0 N–H and O–H groups in total. The Hall–Kier alpha value is -2.07. The Morgan fingerprint density at radius 3 is 2.95 bits per heavy atom. The number of pyridine rings is 1. The Morgan fingerprint density at radius 2 is 2.15 bits per heavy atom. The van der Waals surface area contributed by atoms with Crippen molar-refractivity contribution >= 4 is 11.3 Å². The molecule has 100 valence electrons. The Morgan fingerprint density at radius 1 is 1.25 bits per heavy atom. The maximum atomic E-state index is 13.3. The second-order valence-electron chi connectivity index (χ2n) is 4.43. The molecule has 20 heavy (non-hydrogen) atoms. The van der Waals surface area contributed by atoms with Crippen LogP contribution in [0.4, 0.5) is 4.39 Å². The van der Waals surface area contributed by atoms with Crippen molar-refractivity contribution in [2.45, 2.75) is 13.3 Å². The quantitative estimate of drug-likeness (QED) is 0.704. The predicted octanol–water partition coefficient (Wildman–Crippen LogP) is 4.57. The molecule has 3 aromatic rings. The van der Waals surface area contributed by atoms with E-state index in [2.05, 4.69) is 16.9 Å². The van der Waals surface area contributed by atoms with E-state index in [9.17, 15) is 4.39 Å². The molecule has 0 fully saturated rings. The lowest BCUT2D eigenvalue weighted by Gasteiger charge is -2.02. The van der Waals surface area contributed by atoms with Crippen molar-refractivity contribution in [2.24, 2.45) is 0 Å². The third kappa shape index (κ3) is 2.47. The molecule has 0 unspecified atom stereocenters. The monoisotopic (exact) mass is 284 g/mol. The lowest BCUT2D eigenvalue weighted by atomic mass is 10.1. The predicted molar refractivity (Wildman–Crippen MR) is 80.1 cm³/mol. The summed E-state index contributed by atoms with van der Waals surface area (Å²) in [5.41, 5.74) is 3.88. The first-order valence-corrected chi connectivity index (χ1v) is 7.30. The summed E-state index contributed by atoms with van der Waals surface area (Å²) in [4.78, 5) is 8.78. The lowest BCUT2D eigenvalue weighted by molar-refractivity contribution is 0.628. The molecule has 2 heterocycles. The van der Waals surface area contributed by atoms with Gasteiger partial charge in [0.25, 0.3) is 0 Å². The fraction of sp³-hybridized carbons (Fsp3) is 0.125. The Balaban J connectivity index is 2.02. The number of thiazole rings is 1. The van der Waals surface area contributed by atoms with Gasteiger partial charge in [-0.25, -0.2) is 9.37 Å². The van der Waals surface area contributed by atoms with E-state index in [4.69, 9.17) is 0 Å². The summed E-state index contributed by atoms with van der Waals surface area (Å²) in [6.45, 7) is 2.11. The molecule has 0 atom stereocenters. The number of aromatic nitrogens is 2. The summed E-state index contributed by atoms with van der Waals surface area (Å²) in [5, 5.41) is 2.88. The van der Waals surface area contributed by atoms with Gasteiger partial charge in [0.1, 0.15) is 10.8 Å². The second kappa shape index (κ2) is 5.51. The third-order valence-corrected chi connectivity index (χ3v) is 4.02. The van der Waals surface area contributed by atoms with Gasteiger partial charge in [-0.3, -0.25) is 4.98 Å². The minimum atomic E-state index is -0.243. The minimum Gasteiger partial charge on any atom is -0.264 e. The molecule has 0 spiro atoms. The first kappa shape index (κ1) is 12.9. The molecule has 0 aliphatic heterocycles. The highest BCUT2D eigenvalue weighted by molar-refractivity contribution is 7.13. The molecule has 0 bridgehead atoms. The van der Waals surface area contributed by atoms with Crippen LogP contribution in [0.3, 0.4) is 0 Å². The van der Waals surface area contributed by atoms with E-state index in [0.717, 1.165) is 28.2 Å². The molecule has 0 saturated carbocycles. The zero-order valence-corrected chi connectivity index (χ0v) is 11.8. The van der Waals surface area contributed by atoms with Crippen LogP contribution in [0, 0.1) is 5.82 Å². The zero-order valence-electron chi connectivity index (χ0n) is 11.0. The molecule has 0 aliphatic carbocycles. The van der Waals surface area contributed by atoms with Crippen molar-refractivity contribution in [3.05, 3.63) is 59.5 Å². The smallest absolute Gasteiger partial charge is 0.125 e. The molecule has 2 aromatic heterocycles. The molecule has 0 radical (unpaired) electrons. The fourth-order valence-electron chi connectivity index (χ4n) is 2.10. The van der Waals surface area contributed by atoms with Crippen LogP contribution in [0.1, 0.15) is 12.5 Å². The van der Waals surface area contributed by atoms with E-state index in [1.807, 2.05) is 23.7 Å². The Labute approximate surface area is 121 Å². The van der Waals surface area contributed by atoms with Gasteiger partial charge in [0.2, 0.25) is 0 Å². The van der Waals surface area contributed by atoms with Crippen LogP contribution >= 0.6 is 11.3 Å². The van der Waals surface area contributed by atoms with E-state index in [-0.39, 0.29) is 5.82 Å². The maximum Gasteiger partial charge on any atom is 0.125 e. The van der Waals surface area contributed by atoms with Crippen LogP contribution in [-0.2, 0) is 6.42 Å². The van der Waals surface area contributed by atoms with Crippen LogP contribution in [0.15, 0.2) is 48.1 Å². The van der Waals surface area contributed by atoms with Gasteiger partial charge in [0, 0.05) is 28.9 Å². The van der Waals surface area contributed by atoms with Crippen LogP contribution in [0.5, 0.6) is 0 Å². The molecular weight excluding hydrogens is 271 g/mol. The molecule has 3 rings (SSSR count). The fourth-order valence-corrected chi connectivity index (χ4v) is 2.98. The standard InChI is InChI=1S/C16H13FN2S/c1-2-11-6-7-18-9-14(11)16-19-15(10-20-16)12-4-3-5-13(17)8-12/h3-10H,2H2,1H3. The average molecular weight is 284 g/mol. The van der Waals surface area contributed by atoms with Crippen LogP contribution in [0.25, 0.3) is 21.8 Å². The number of nitrogens with zero attached hydrogens (tertiary/aromatic N) is 2. The molecule has 0 amide bonds. The van der Waals surface area contributed by atoms with Crippen molar-refractivity contribution in [3.63, 3.8) is 0 Å². The first-order valence-electron chi connectivity index (χ1n) is 6.42. The largest absolute Gasteiger partial charge is 0.264 e. The first-order chi connectivity index (χ1) is 9.78. The van der Waals surface area contributed by atoms with E-state index in [0.29, 0.717) is 0 Å². The number of halogens is 1. The molecule has 2 nitrogen and oxygen atoms in total. The van der Waals surface area contributed by atoms with Gasteiger partial charge in [-0.2, -0.15) is 0 Å². The summed E-state index contributed by atoms with van der Waals surface area (Å²) >= 11 is 1.56. The molecule has 4 heteroatoms. The van der Waals surface area contributed by atoms with Crippen molar-refractivity contribution in [3.8, 4) is 21.8 Å². The van der Waals surface area contributed by atoms with Crippen molar-refractivity contribution in [1.29, 1.82) is 0 Å². The van der Waals surface area contributed by atoms with Gasteiger partial charge in [0.05, 0.1) is 5.69 Å². The average Bonchev–Trinajstić information content (AvgIpc) is 2.97. The van der Waals surface area contributed by atoms with Crippen molar-refractivity contribution in [1.82, 2.24) is 9.97 Å². The van der Waals surface area contributed by atoms with E-state index < -0.39 is 0 Å². The summed E-state index contributed by atoms with van der Waals surface area (Å²) in [5.74, 6) is -0.243. The number of benzene rings is 1. The third-order valence-electron chi connectivity index (χ3n) is 3.15. The second-order valence-corrected chi connectivity index (χ2v) is 5.29. The highest BCUT2D eigenvalue weighted by atomic mass is 32.1. The maximum absolute atomic E-state index is 13.3. The number of hydrogen-bond acceptors (Lipinski definition) is 3. The topological polar surface area (TPSA) is 25.8 Å². The highest BCUT2D eigenvalue weighted by Crippen LogP contribution is 2.30. The minimum absolute atomic E-state index is 0.243. The Bertz CT molecular complexity index is 737. The zero-order chi connectivity index (χ0) is 13.9. The summed E-state index contributed by atoms with van der Waals surface area (Å²) in [6.07, 6.45) is 4.57. The van der Waals surface area contributed by atoms with E-state index in [1.165, 1.54) is 17.7 Å². The molecule has 0 aliphatic rings.